The fraction of sp³-hybridized carbons (Fsp3) is 0.357. The summed E-state index contributed by atoms with van der Waals surface area (Å²) in [7, 11) is 3.50. The molecule has 0 nitrogen and oxygen atoms in total. The highest BCUT2D eigenvalue weighted by molar-refractivity contribution is 7.55. The van der Waals surface area contributed by atoms with Crippen LogP contribution in [0.1, 0.15) is 63.8 Å². The molecule has 0 saturated heterocycles. The molecule has 0 aromatic heterocycles. The van der Waals surface area contributed by atoms with E-state index >= 15 is 0 Å². The summed E-state index contributed by atoms with van der Waals surface area (Å²) in [6.07, 6.45) is 0. The first-order valence-electron chi connectivity index (χ1n) is 10.7. The first-order valence-corrected chi connectivity index (χ1v) is 12.2. The predicted octanol–water partition coefficient (Wildman–Crippen LogP) is 6.71. The molecule has 2 unspecified atom stereocenters. The molecule has 3 rings (SSSR count). The molecule has 0 spiro atoms. The average molecular weight is 437 g/mol. The van der Waals surface area contributed by atoms with E-state index in [0.717, 1.165) is 8.58 Å². The third kappa shape index (κ3) is 7.98. The largest absolute Gasteiger partial charge is 0.106 e. The van der Waals surface area contributed by atoms with E-state index in [4.69, 9.17) is 0 Å². The predicted molar refractivity (Wildman–Crippen MR) is 143 cm³/mol. The van der Waals surface area contributed by atoms with E-state index < -0.39 is 0 Å². The van der Waals surface area contributed by atoms with Gasteiger partial charge in [0.2, 0.25) is 0 Å². The highest BCUT2D eigenvalue weighted by Crippen LogP contribution is 2.24. The molecular weight excluding hydrogens is 398 g/mol. The lowest BCUT2D eigenvalue weighted by atomic mass is 9.86. The van der Waals surface area contributed by atoms with Gasteiger partial charge >= 0.3 is 0 Å². The Hall–Kier alpha value is -1.48. The first kappa shape index (κ1) is 24.8. The highest BCUT2D eigenvalue weighted by Gasteiger charge is 2.15. The van der Waals surface area contributed by atoms with E-state index in [1.54, 1.807) is 0 Å². The van der Waals surface area contributed by atoms with Gasteiger partial charge in [-0.2, -0.15) is 0 Å². The number of hydrogen-bond acceptors (Lipinski definition) is 0. The van der Waals surface area contributed by atoms with E-state index in [9.17, 15) is 0 Å². The zero-order valence-corrected chi connectivity index (χ0v) is 22.1. The summed E-state index contributed by atoms with van der Waals surface area (Å²) in [4.78, 5) is 0. The molecule has 2 atom stereocenters. The SMILES string of the molecule is Cc1cc(P)cc(C(C)(C)C)c1.Cc1cc(Pc2ccccc2)cc(C(C)(C)C)c1. The van der Waals surface area contributed by atoms with Gasteiger partial charge < -0.3 is 0 Å². The smallest absolute Gasteiger partial charge is 0.0132 e. The van der Waals surface area contributed by atoms with Gasteiger partial charge in [-0.1, -0.05) is 128 Å². The van der Waals surface area contributed by atoms with Crippen molar-refractivity contribution in [2.75, 3.05) is 0 Å². The molecule has 0 aliphatic carbocycles. The van der Waals surface area contributed by atoms with Crippen molar-refractivity contribution in [2.24, 2.45) is 0 Å². The maximum Gasteiger partial charge on any atom is -0.0132 e. The van der Waals surface area contributed by atoms with Crippen LogP contribution in [0.5, 0.6) is 0 Å². The van der Waals surface area contributed by atoms with Crippen LogP contribution in [0.4, 0.5) is 0 Å². The van der Waals surface area contributed by atoms with E-state index in [0.29, 0.717) is 0 Å². The lowest BCUT2D eigenvalue weighted by Gasteiger charge is -2.21. The van der Waals surface area contributed by atoms with Gasteiger partial charge in [-0.25, -0.2) is 0 Å². The Bertz CT molecular complexity index is 938. The third-order valence-electron chi connectivity index (χ3n) is 4.97. The van der Waals surface area contributed by atoms with Gasteiger partial charge in [-0.3, -0.25) is 0 Å². The monoisotopic (exact) mass is 436 g/mol. The van der Waals surface area contributed by atoms with Gasteiger partial charge in [0.25, 0.3) is 0 Å². The maximum atomic E-state index is 2.76. The Morgan fingerprint density at radius 1 is 0.600 bits per heavy atom. The number of rotatable bonds is 2. The summed E-state index contributed by atoms with van der Waals surface area (Å²) in [5.41, 5.74) is 6.03. The summed E-state index contributed by atoms with van der Waals surface area (Å²) >= 11 is 0. The molecule has 0 amide bonds. The minimum atomic E-state index is 0.224. The van der Waals surface area contributed by atoms with Crippen molar-refractivity contribution >= 4 is 33.7 Å². The van der Waals surface area contributed by atoms with Crippen molar-refractivity contribution in [3.63, 3.8) is 0 Å². The molecule has 2 heteroatoms. The van der Waals surface area contributed by atoms with Crippen LogP contribution in [0.2, 0.25) is 0 Å². The Morgan fingerprint density at radius 3 is 1.60 bits per heavy atom. The molecule has 0 fully saturated rings. The third-order valence-corrected chi connectivity index (χ3v) is 6.50. The molecule has 0 aliphatic rings. The lowest BCUT2D eigenvalue weighted by molar-refractivity contribution is 0.590. The van der Waals surface area contributed by atoms with Crippen LogP contribution in [0.15, 0.2) is 66.7 Å². The van der Waals surface area contributed by atoms with Gasteiger partial charge in [0.15, 0.2) is 0 Å². The molecule has 30 heavy (non-hydrogen) atoms. The average Bonchev–Trinajstić information content (AvgIpc) is 2.60. The summed E-state index contributed by atoms with van der Waals surface area (Å²) in [6, 6.07) is 24.4. The summed E-state index contributed by atoms with van der Waals surface area (Å²) < 4.78 is 0. The summed E-state index contributed by atoms with van der Waals surface area (Å²) in [5.74, 6) is 0. The summed E-state index contributed by atoms with van der Waals surface area (Å²) in [5, 5.41) is 4.12. The van der Waals surface area contributed by atoms with Gasteiger partial charge in [0, 0.05) is 0 Å². The normalized spacial score (nSPS) is 12.0. The molecule has 3 aromatic rings. The molecule has 0 saturated carbocycles. The van der Waals surface area contributed by atoms with Crippen LogP contribution in [0, 0.1) is 13.8 Å². The Kier molecular flexibility index (Phi) is 8.44. The van der Waals surface area contributed by atoms with Crippen LogP contribution in [-0.4, -0.2) is 0 Å². The van der Waals surface area contributed by atoms with Crippen molar-refractivity contribution in [1.29, 1.82) is 0 Å². The number of benzene rings is 3. The van der Waals surface area contributed by atoms with Crippen LogP contribution >= 0.6 is 17.8 Å². The van der Waals surface area contributed by atoms with Gasteiger partial charge in [-0.05, 0) is 51.7 Å². The zero-order chi connectivity index (χ0) is 22.5. The van der Waals surface area contributed by atoms with Crippen LogP contribution in [0.25, 0.3) is 0 Å². The van der Waals surface area contributed by atoms with Crippen molar-refractivity contribution < 1.29 is 0 Å². The lowest BCUT2D eigenvalue weighted by Crippen LogP contribution is -2.15. The molecule has 0 N–H and O–H groups in total. The Morgan fingerprint density at radius 2 is 1.10 bits per heavy atom. The van der Waals surface area contributed by atoms with Crippen molar-refractivity contribution in [3.8, 4) is 0 Å². The Labute approximate surface area is 188 Å². The van der Waals surface area contributed by atoms with Crippen molar-refractivity contribution in [2.45, 2.75) is 66.2 Å². The Balaban J connectivity index is 0.000000232. The van der Waals surface area contributed by atoms with Gasteiger partial charge in [0.1, 0.15) is 0 Å². The van der Waals surface area contributed by atoms with Gasteiger partial charge in [0.05, 0.1) is 0 Å². The van der Waals surface area contributed by atoms with Crippen LogP contribution in [-0.2, 0) is 10.8 Å². The highest BCUT2D eigenvalue weighted by atomic mass is 31.1. The van der Waals surface area contributed by atoms with Crippen LogP contribution in [0.3, 0.4) is 0 Å². The van der Waals surface area contributed by atoms with Crippen molar-refractivity contribution in [1.82, 2.24) is 0 Å². The minimum Gasteiger partial charge on any atom is -0.106 e. The molecule has 0 heterocycles. The molecule has 160 valence electrons. The summed E-state index contributed by atoms with van der Waals surface area (Å²) in [6.45, 7) is 17.9. The molecule has 3 aromatic carbocycles. The fourth-order valence-corrected chi connectivity index (χ4v) is 4.88. The number of aryl methyl sites for hydroxylation is 2. The first-order chi connectivity index (χ1) is 13.8. The maximum absolute atomic E-state index is 2.76. The second kappa shape index (κ2) is 10.2. The van der Waals surface area contributed by atoms with Crippen LogP contribution < -0.4 is 15.9 Å². The second-order valence-electron chi connectivity index (χ2n) is 10.2. The topological polar surface area (TPSA) is 0 Å². The van der Waals surface area contributed by atoms with E-state index in [2.05, 4.69) is 131 Å². The zero-order valence-electron chi connectivity index (χ0n) is 19.9. The van der Waals surface area contributed by atoms with E-state index in [1.807, 2.05) is 0 Å². The molecular formula is C28H38P2. The van der Waals surface area contributed by atoms with Gasteiger partial charge in [-0.15, -0.1) is 9.24 Å². The molecule has 0 bridgehead atoms. The second-order valence-corrected chi connectivity index (χ2v) is 12.3. The minimum absolute atomic E-state index is 0.224. The fourth-order valence-electron chi connectivity index (χ4n) is 3.22. The molecule has 0 aliphatic heterocycles. The van der Waals surface area contributed by atoms with Crippen molar-refractivity contribution in [3.05, 3.63) is 89.0 Å². The van der Waals surface area contributed by atoms with E-state index in [1.165, 1.54) is 38.2 Å². The number of hydrogen-bond donors (Lipinski definition) is 0. The standard InChI is InChI=1S/C17H21P.C11H17P/c1-13-10-14(17(2,3)4)12-16(11-13)18-15-8-6-5-7-9-15;1-8-5-9(11(2,3)4)7-10(12)6-8/h5-12,18H,1-4H3;5-7H,12H2,1-4H3. The molecule has 0 radical (unpaired) electrons. The van der Waals surface area contributed by atoms with E-state index in [-0.39, 0.29) is 10.8 Å². The quantitative estimate of drug-likeness (QED) is 0.392.